The minimum atomic E-state index is -3.24. The average Bonchev–Trinajstić information content (AvgIpc) is 2.97. The van der Waals surface area contributed by atoms with Gasteiger partial charge in [-0.1, -0.05) is 49.8 Å². The molecule has 0 bridgehead atoms. The largest absolute Gasteiger partial charge is 0.304 e. The highest BCUT2D eigenvalue weighted by molar-refractivity contribution is 7.94. The topological polar surface area (TPSA) is 54.5 Å². The molecule has 4 nitrogen and oxygen atoms in total. The normalized spacial score (nSPS) is 22.5. The highest BCUT2D eigenvalue weighted by Gasteiger charge is 2.31. The van der Waals surface area contributed by atoms with Crippen LogP contribution in [0.2, 0.25) is 5.02 Å². The standard InChI is InChI=1S/C20H26ClNO3S/c1-15-7-9-17(13-19(15)21)22(18-11-12-26(24,25)14-18)20(23)10-8-16-5-3-2-4-6-16/h7,9,11-13,16,18H,2-6,8,10,14H2,1H3/t18-/m0/s1. The molecule has 1 atom stereocenters. The van der Waals surface area contributed by atoms with Crippen LogP contribution in [0.5, 0.6) is 0 Å². The van der Waals surface area contributed by atoms with E-state index < -0.39 is 15.9 Å². The second-order valence-electron chi connectivity index (χ2n) is 7.47. The van der Waals surface area contributed by atoms with Gasteiger partial charge in [0.1, 0.15) is 0 Å². The van der Waals surface area contributed by atoms with Crippen molar-refractivity contribution in [3.8, 4) is 0 Å². The lowest BCUT2D eigenvalue weighted by molar-refractivity contribution is -0.119. The molecule has 142 valence electrons. The first-order valence-electron chi connectivity index (χ1n) is 9.35. The van der Waals surface area contributed by atoms with Crippen LogP contribution in [0.15, 0.2) is 29.7 Å². The molecule has 1 aliphatic carbocycles. The Hall–Kier alpha value is -1.33. The number of halogens is 1. The van der Waals surface area contributed by atoms with Crippen molar-refractivity contribution >= 4 is 33.0 Å². The van der Waals surface area contributed by atoms with Gasteiger partial charge in [0.15, 0.2) is 9.84 Å². The Balaban J connectivity index is 1.79. The van der Waals surface area contributed by atoms with Crippen molar-refractivity contribution in [3.05, 3.63) is 40.3 Å². The van der Waals surface area contributed by atoms with Gasteiger partial charge in [-0.15, -0.1) is 0 Å². The van der Waals surface area contributed by atoms with Crippen LogP contribution in [0.3, 0.4) is 0 Å². The number of hydrogen-bond acceptors (Lipinski definition) is 3. The molecule has 2 aliphatic rings. The summed E-state index contributed by atoms with van der Waals surface area (Å²) in [5.74, 6) is 0.523. The number of rotatable bonds is 5. The van der Waals surface area contributed by atoms with Crippen molar-refractivity contribution < 1.29 is 13.2 Å². The summed E-state index contributed by atoms with van der Waals surface area (Å²) >= 11 is 6.25. The summed E-state index contributed by atoms with van der Waals surface area (Å²) in [6, 6.07) is 5.01. The van der Waals surface area contributed by atoms with Gasteiger partial charge in [-0.05, 0) is 43.0 Å². The number of hydrogen-bond donors (Lipinski definition) is 0. The predicted octanol–water partition coefficient (Wildman–Crippen LogP) is 4.65. The molecule has 26 heavy (non-hydrogen) atoms. The van der Waals surface area contributed by atoms with E-state index in [1.165, 1.54) is 37.5 Å². The molecule has 1 fully saturated rings. The molecule has 1 saturated carbocycles. The number of nitrogens with zero attached hydrogens (tertiary/aromatic N) is 1. The zero-order chi connectivity index (χ0) is 18.7. The van der Waals surface area contributed by atoms with Crippen molar-refractivity contribution in [2.45, 2.75) is 57.9 Å². The molecule has 1 aliphatic heterocycles. The lowest BCUT2D eigenvalue weighted by Gasteiger charge is -2.29. The lowest BCUT2D eigenvalue weighted by atomic mass is 9.86. The third kappa shape index (κ3) is 4.68. The highest BCUT2D eigenvalue weighted by atomic mass is 35.5. The molecule has 0 saturated heterocycles. The van der Waals surface area contributed by atoms with Gasteiger partial charge in [0.05, 0.1) is 11.8 Å². The van der Waals surface area contributed by atoms with Crippen LogP contribution in [0.4, 0.5) is 5.69 Å². The Bertz CT molecular complexity index is 797. The van der Waals surface area contributed by atoms with Crippen molar-refractivity contribution in [2.75, 3.05) is 10.7 Å². The van der Waals surface area contributed by atoms with E-state index in [4.69, 9.17) is 11.6 Å². The van der Waals surface area contributed by atoms with Gasteiger partial charge >= 0.3 is 0 Å². The third-order valence-electron chi connectivity index (χ3n) is 5.44. The average molecular weight is 396 g/mol. The molecular weight excluding hydrogens is 370 g/mol. The zero-order valence-corrected chi connectivity index (χ0v) is 16.7. The van der Waals surface area contributed by atoms with E-state index in [0.29, 0.717) is 23.0 Å². The summed E-state index contributed by atoms with van der Waals surface area (Å²) in [5.41, 5.74) is 1.60. The van der Waals surface area contributed by atoms with Crippen LogP contribution in [-0.4, -0.2) is 26.1 Å². The molecule has 0 N–H and O–H groups in total. The van der Waals surface area contributed by atoms with Gasteiger partial charge in [-0.2, -0.15) is 0 Å². The summed E-state index contributed by atoms with van der Waals surface area (Å²) in [5, 5.41) is 1.80. The minimum absolute atomic E-state index is 0.0257. The first kappa shape index (κ1) is 19.4. The van der Waals surface area contributed by atoms with E-state index in [1.807, 2.05) is 19.1 Å². The van der Waals surface area contributed by atoms with Crippen LogP contribution in [-0.2, 0) is 14.6 Å². The van der Waals surface area contributed by atoms with Crippen LogP contribution in [0.1, 0.15) is 50.5 Å². The maximum Gasteiger partial charge on any atom is 0.227 e. The summed E-state index contributed by atoms with van der Waals surface area (Å²) < 4.78 is 23.7. The number of anilines is 1. The molecule has 1 aromatic carbocycles. The SMILES string of the molecule is Cc1ccc(N(C(=O)CCC2CCCCC2)[C@H]2C=CS(=O)(=O)C2)cc1Cl. The van der Waals surface area contributed by atoms with Gasteiger partial charge in [-0.25, -0.2) is 8.42 Å². The molecular formula is C20H26ClNO3S. The van der Waals surface area contributed by atoms with Gasteiger partial charge in [-0.3, -0.25) is 4.79 Å². The number of benzene rings is 1. The zero-order valence-electron chi connectivity index (χ0n) is 15.2. The number of carbonyl (C=O) groups excluding carboxylic acids is 1. The summed E-state index contributed by atoms with van der Waals surface area (Å²) in [6.45, 7) is 1.90. The Kier molecular flexibility index (Phi) is 6.08. The molecule has 1 amide bonds. The Morgan fingerprint density at radius 1 is 1.23 bits per heavy atom. The van der Waals surface area contributed by atoms with Crippen molar-refractivity contribution in [3.63, 3.8) is 0 Å². The second-order valence-corrected chi connectivity index (χ2v) is 9.80. The maximum absolute atomic E-state index is 13.0. The number of aryl methyl sites for hydroxylation is 1. The molecule has 6 heteroatoms. The highest BCUT2D eigenvalue weighted by Crippen LogP contribution is 2.31. The molecule has 0 aromatic heterocycles. The predicted molar refractivity (Wildman–Crippen MR) is 106 cm³/mol. The number of amides is 1. The molecule has 1 aromatic rings. The van der Waals surface area contributed by atoms with Gasteiger partial charge in [0.2, 0.25) is 5.91 Å². The van der Waals surface area contributed by atoms with Crippen molar-refractivity contribution in [1.29, 1.82) is 0 Å². The molecule has 3 rings (SSSR count). The van der Waals surface area contributed by atoms with Crippen molar-refractivity contribution in [1.82, 2.24) is 0 Å². The lowest BCUT2D eigenvalue weighted by Crippen LogP contribution is -2.41. The third-order valence-corrected chi connectivity index (χ3v) is 7.22. The fraction of sp³-hybridized carbons (Fsp3) is 0.550. The fourth-order valence-electron chi connectivity index (χ4n) is 3.90. The van der Waals surface area contributed by atoms with E-state index in [2.05, 4.69) is 0 Å². The summed E-state index contributed by atoms with van der Waals surface area (Å²) in [6.07, 6.45) is 9.12. The fourth-order valence-corrected chi connectivity index (χ4v) is 5.34. The minimum Gasteiger partial charge on any atom is -0.304 e. The Morgan fingerprint density at radius 2 is 1.96 bits per heavy atom. The maximum atomic E-state index is 13.0. The smallest absolute Gasteiger partial charge is 0.227 e. The van der Waals surface area contributed by atoms with Crippen molar-refractivity contribution in [2.24, 2.45) is 5.92 Å². The monoisotopic (exact) mass is 395 g/mol. The quantitative estimate of drug-likeness (QED) is 0.728. The molecule has 0 spiro atoms. The number of sulfone groups is 1. The van der Waals surface area contributed by atoms with Crippen LogP contribution >= 0.6 is 11.6 Å². The van der Waals surface area contributed by atoms with E-state index in [0.717, 1.165) is 12.0 Å². The Morgan fingerprint density at radius 3 is 2.58 bits per heavy atom. The molecule has 0 unspecified atom stereocenters. The van der Waals surface area contributed by atoms with E-state index in [1.54, 1.807) is 17.0 Å². The Labute approximate surface area is 161 Å². The summed E-state index contributed by atoms with van der Waals surface area (Å²) in [4.78, 5) is 14.7. The number of carbonyl (C=O) groups is 1. The molecule has 0 radical (unpaired) electrons. The second kappa shape index (κ2) is 8.13. The van der Waals surface area contributed by atoms with Crippen LogP contribution in [0.25, 0.3) is 0 Å². The van der Waals surface area contributed by atoms with Gasteiger partial charge in [0, 0.05) is 22.5 Å². The van der Waals surface area contributed by atoms with Gasteiger partial charge < -0.3 is 4.90 Å². The molecule has 1 heterocycles. The van der Waals surface area contributed by atoms with Crippen LogP contribution < -0.4 is 4.90 Å². The van der Waals surface area contributed by atoms with E-state index >= 15 is 0 Å². The van der Waals surface area contributed by atoms with Gasteiger partial charge in [0.25, 0.3) is 0 Å². The summed E-state index contributed by atoms with van der Waals surface area (Å²) in [7, 11) is -3.24. The van der Waals surface area contributed by atoms with E-state index in [9.17, 15) is 13.2 Å². The first-order valence-corrected chi connectivity index (χ1v) is 11.4. The van der Waals surface area contributed by atoms with E-state index in [-0.39, 0.29) is 11.7 Å². The van der Waals surface area contributed by atoms with Crippen LogP contribution in [0, 0.1) is 12.8 Å². The first-order chi connectivity index (χ1) is 12.4.